The minimum atomic E-state index is -0.309. The van der Waals surface area contributed by atoms with Gasteiger partial charge >= 0.3 is 0 Å². The van der Waals surface area contributed by atoms with Crippen LogP contribution in [0.4, 0.5) is 10.2 Å². The molecule has 2 atom stereocenters. The number of aromatic nitrogens is 2. The molecular weight excluding hydrogens is 243 g/mol. The molecule has 1 aromatic heterocycles. The Morgan fingerprint density at radius 1 is 1.37 bits per heavy atom. The van der Waals surface area contributed by atoms with Crippen LogP contribution < -0.4 is 10.2 Å². The molecule has 0 aliphatic carbocycles. The molecule has 4 nitrogen and oxygen atoms in total. The van der Waals surface area contributed by atoms with Crippen molar-refractivity contribution in [1.29, 1.82) is 0 Å². The van der Waals surface area contributed by atoms with Crippen molar-refractivity contribution in [2.45, 2.75) is 12.5 Å². The third kappa shape index (κ3) is 1.76. The van der Waals surface area contributed by atoms with E-state index < -0.39 is 0 Å². The average molecular weight is 258 g/mol. The van der Waals surface area contributed by atoms with E-state index in [2.05, 4.69) is 20.2 Å². The van der Waals surface area contributed by atoms with Crippen LogP contribution in [0.1, 0.15) is 6.42 Å². The Labute approximate surface area is 110 Å². The van der Waals surface area contributed by atoms with Gasteiger partial charge in [-0.2, -0.15) is 0 Å². The summed E-state index contributed by atoms with van der Waals surface area (Å²) in [5.41, 5.74) is 0.976. The molecular formula is C14H15FN4. The predicted octanol–water partition coefficient (Wildman–Crippen LogP) is 1.57. The molecule has 0 radical (unpaired) electrons. The molecule has 1 aromatic carbocycles. The Morgan fingerprint density at radius 2 is 2.32 bits per heavy atom. The maximum atomic E-state index is 13.6. The summed E-state index contributed by atoms with van der Waals surface area (Å²) in [7, 11) is 0. The van der Waals surface area contributed by atoms with Crippen LogP contribution in [0.25, 0.3) is 11.0 Å². The first-order valence-electron chi connectivity index (χ1n) is 6.71. The molecule has 2 saturated heterocycles. The Kier molecular flexibility index (Phi) is 2.41. The lowest BCUT2D eigenvalue weighted by Gasteiger charge is -2.46. The molecule has 3 heterocycles. The molecule has 0 amide bonds. The molecule has 2 aromatic rings. The van der Waals surface area contributed by atoms with Crippen molar-refractivity contribution in [2.24, 2.45) is 5.92 Å². The highest BCUT2D eigenvalue weighted by molar-refractivity contribution is 5.76. The quantitative estimate of drug-likeness (QED) is 0.843. The van der Waals surface area contributed by atoms with Crippen LogP contribution in [0.2, 0.25) is 0 Å². The number of hydrogen-bond acceptors (Lipinski definition) is 4. The molecule has 1 N–H and O–H groups in total. The number of nitrogens with zero attached hydrogens (tertiary/aromatic N) is 3. The van der Waals surface area contributed by atoms with Crippen LogP contribution in [-0.4, -0.2) is 35.6 Å². The van der Waals surface area contributed by atoms with Gasteiger partial charge in [0.05, 0.1) is 11.7 Å². The van der Waals surface area contributed by atoms with Crippen LogP contribution in [-0.2, 0) is 0 Å². The molecule has 0 spiro atoms. The number of hydrogen-bond donors (Lipinski definition) is 1. The predicted molar refractivity (Wildman–Crippen MR) is 71.6 cm³/mol. The highest BCUT2D eigenvalue weighted by Gasteiger charge is 2.35. The van der Waals surface area contributed by atoms with Gasteiger partial charge in [-0.05, 0) is 31.0 Å². The second-order valence-electron chi connectivity index (χ2n) is 5.35. The summed E-state index contributed by atoms with van der Waals surface area (Å²) in [6, 6.07) is 5.48. The van der Waals surface area contributed by atoms with E-state index in [1.807, 2.05) is 6.07 Å². The van der Waals surface area contributed by atoms with Crippen molar-refractivity contribution >= 4 is 16.9 Å². The fourth-order valence-corrected chi connectivity index (χ4v) is 2.98. The van der Waals surface area contributed by atoms with Crippen molar-refractivity contribution in [3.05, 3.63) is 30.2 Å². The van der Waals surface area contributed by atoms with Crippen molar-refractivity contribution < 1.29 is 4.39 Å². The van der Waals surface area contributed by atoms with Gasteiger partial charge in [-0.25, -0.2) is 14.4 Å². The summed E-state index contributed by atoms with van der Waals surface area (Å²) in [6.45, 7) is 3.13. The lowest BCUT2D eigenvalue weighted by atomic mass is 9.85. The summed E-state index contributed by atoms with van der Waals surface area (Å²) < 4.78 is 13.6. The van der Waals surface area contributed by atoms with Crippen LogP contribution in [0, 0.1) is 11.7 Å². The van der Waals surface area contributed by atoms with Gasteiger partial charge in [-0.1, -0.05) is 6.07 Å². The Bertz CT molecular complexity index is 630. The zero-order chi connectivity index (χ0) is 12.8. The van der Waals surface area contributed by atoms with Crippen LogP contribution in [0.3, 0.4) is 0 Å². The fraction of sp³-hybridized carbons (Fsp3) is 0.429. The van der Waals surface area contributed by atoms with Crippen molar-refractivity contribution in [2.75, 3.05) is 24.5 Å². The smallest absolute Gasteiger partial charge is 0.151 e. The van der Waals surface area contributed by atoms with E-state index in [4.69, 9.17) is 0 Å². The van der Waals surface area contributed by atoms with Gasteiger partial charge in [-0.15, -0.1) is 0 Å². The molecule has 2 aliphatic rings. The third-order valence-electron chi connectivity index (χ3n) is 4.23. The maximum absolute atomic E-state index is 13.6. The first-order chi connectivity index (χ1) is 9.31. The van der Waals surface area contributed by atoms with Crippen LogP contribution >= 0.6 is 0 Å². The first-order valence-corrected chi connectivity index (χ1v) is 6.71. The van der Waals surface area contributed by atoms with Gasteiger partial charge in [0, 0.05) is 19.1 Å². The monoisotopic (exact) mass is 258 g/mol. The summed E-state index contributed by atoms with van der Waals surface area (Å²) in [5, 5.41) is 3.44. The summed E-state index contributed by atoms with van der Waals surface area (Å²) >= 11 is 0. The van der Waals surface area contributed by atoms with Crippen molar-refractivity contribution in [1.82, 2.24) is 15.3 Å². The van der Waals surface area contributed by atoms with Gasteiger partial charge in [0.2, 0.25) is 0 Å². The van der Waals surface area contributed by atoms with Crippen molar-refractivity contribution in [3.8, 4) is 0 Å². The van der Waals surface area contributed by atoms with E-state index >= 15 is 0 Å². The third-order valence-corrected chi connectivity index (χ3v) is 4.23. The first kappa shape index (κ1) is 11.1. The largest absolute Gasteiger partial charge is 0.354 e. The van der Waals surface area contributed by atoms with Gasteiger partial charge in [0.15, 0.2) is 5.82 Å². The lowest BCUT2D eigenvalue weighted by Crippen LogP contribution is -2.62. The number of fused-ring (bicyclic) bond motifs is 2. The minimum Gasteiger partial charge on any atom is -0.354 e. The molecule has 5 heteroatoms. The second-order valence-corrected chi connectivity index (χ2v) is 5.35. The SMILES string of the molecule is Fc1cccc2nc(N3CC[C@@H]4CN[C@@H]4C3)cnc12. The van der Waals surface area contributed by atoms with E-state index in [0.29, 0.717) is 17.1 Å². The second kappa shape index (κ2) is 4.13. The standard InChI is InChI=1S/C14H15FN4/c15-10-2-1-3-11-14(10)17-7-13(18-11)19-5-4-9-6-16-12(9)8-19/h1-3,7,9,12,16H,4-6,8H2/t9-,12-/m1/s1. The molecule has 0 bridgehead atoms. The Hall–Kier alpha value is -1.75. The van der Waals surface area contributed by atoms with Crippen LogP contribution in [0.5, 0.6) is 0 Å². The highest BCUT2D eigenvalue weighted by atomic mass is 19.1. The number of anilines is 1. The van der Waals surface area contributed by atoms with Crippen molar-refractivity contribution in [3.63, 3.8) is 0 Å². The van der Waals surface area contributed by atoms with Crippen LogP contribution in [0.15, 0.2) is 24.4 Å². The lowest BCUT2D eigenvalue weighted by molar-refractivity contribution is 0.196. The molecule has 19 heavy (non-hydrogen) atoms. The number of halogens is 1. The number of nitrogens with one attached hydrogen (secondary N) is 1. The van der Waals surface area contributed by atoms with E-state index in [1.165, 1.54) is 12.5 Å². The van der Waals surface area contributed by atoms with E-state index in [-0.39, 0.29) is 5.82 Å². The van der Waals surface area contributed by atoms with Gasteiger partial charge in [-0.3, -0.25) is 0 Å². The van der Waals surface area contributed by atoms with Gasteiger partial charge in [0.25, 0.3) is 0 Å². The fourth-order valence-electron chi connectivity index (χ4n) is 2.98. The average Bonchev–Trinajstić information content (AvgIpc) is 2.40. The zero-order valence-corrected chi connectivity index (χ0v) is 10.5. The summed E-state index contributed by atoms with van der Waals surface area (Å²) in [5.74, 6) is 1.36. The Morgan fingerprint density at radius 3 is 3.11 bits per heavy atom. The number of benzene rings is 1. The highest BCUT2D eigenvalue weighted by Crippen LogP contribution is 2.27. The number of rotatable bonds is 1. The summed E-state index contributed by atoms with van der Waals surface area (Å²) in [6.07, 6.45) is 2.88. The zero-order valence-electron chi connectivity index (χ0n) is 10.5. The van der Waals surface area contributed by atoms with Gasteiger partial charge in [0.1, 0.15) is 11.3 Å². The Balaban J connectivity index is 1.67. The number of piperidine rings is 1. The summed E-state index contributed by atoms with van der Waals surface area (Å²) in [4.78, 5) is 11.0. The molecule has 0 unspecified atom stereocenters. The van der Waals surface area contributed by atoms with Gasteiger partial charge < -0.3 is 10.2 Å². The maximum Gasteiger partial charge on any atom is 0.151 e. The molecule has 4 rings (SSSR count). The topological polar surface area (TPSA) is 41.1 Å². The molecule has 0 saturated carbocycles. The normalized spacial score (nSPS) is 26.1. The molecule has 2 fully saturated rings. The van der Waals surface area contributed by atoms with E-state index in [1.54, 1.807) is 12.3 Å². The minimum absolute atomic E-state index is 0.309. The molecule has 2 aliphatic heterocycles. The van der Waals surface area contributed by atoms with E-state index in [9.17, 15) is 4.39 Å². The number of para-hydroxylation sites is 1. The molecule has 98 valence electrons. The van der Waals surface area contributed by atoms with E-state index in [0.717, 1.165) is 31.4 Å².